The van der Waals surface area contributed by atoms with Crippen LogP contribution in [0.25, 0.3) is 0 Å². The molecule has 8 aliphatic heterocycles. The summed E-state index contributed by atoms with van der Waals surface area (Å²) in [6.07, 6.45) is 7.03. The Morgan fingerprint density at radius 3 is 2.05 bits per heavy atom. The van der Waals surface area contributed by atoms with Crippen molar-refractivity contribution in [3.8, 4) is 23.3 Å². The van der Waals surface area contributed by atoms with Gasteiger partial charge in [0, 0.05) is 75.3 Å². The number of rotatable bonds is 10. The molecule has 10 heterocycles. The highest BCUT2D eigenvalue weighted by Crippen LogP contribution is 2.37. The zero-order valence-corrected chi connectivity index (χ0v) is 33.6. The molecule has 0 unspecified atom stereocenters. The molecule has 1 amide bonds. The first-order chi connectivity index (χ1) is 28.3. The van der Waals surface area contributed by atoms with Crippen LogP contribution in [0.4, 0.5) is 4.79 Å². The highest BCUT2D eigenvalue weighted by molar-refractivity contribution is 5.69. The fraction of sp³-hybridized carbons (Fsp3) is 0.500. The van der Waals surface area contributed by atoms with Crippen LogP contribution in [0.3, 0.4) is 0 Å². The minimum Gasteiger partial charge on any atom is -0.484 e. The van der Waals surface area contributed by atoms with Gasteiger partial charge in [0.15, 0.2) is 23.7 Å². The summed E-state index contributed by atoms with van der Waals surface area (Å²) in [6.45, 7) is 10.5. The first kappa shape index (κ1) is 37.4. The molecule has 6 atom stereocenters. The number of aryl methyl sites for hydroxylation is 1. The minimum absolute atomic E-state index is 0.138. The average Bonchev–Trinajstić information content (AvgIpc) is 3.26. The lowest BCUT2D eigenvalue weighted by Crippen LogP contribution is -2.64. The summed E-state index contributed by atoms with van der Waals surface area (Å²) in [6, 6.07) is 26.8. The summed E-state index contributed by atoms with van der Waals surface area (Å²) in [5.74, 6) is 2.40. The van der Waals surface area contributed by atoms with Crippen molar-refractivity contribution in [1.29, 1.82) is 0 Å². The van der Waals surface area contributed by atoms with Crippen LogP contribution >= 0.6 is 0 Å². The Labute approximate surface area is 340 Å². The molecule has 6 saturated heterocycles. The van der Waals surface area contributed by atoms with Gasteiger partial charge in [-0.1, -0.05) is 48.5 Å². The van der Waals surface area contributed by atoms with E-state index in [0.717, 1.165) is 62.4 Å². The maximum atomic E-state index is 13.7. The van der Waals surface area contributed by atoms with Crippen molar-refractivity contribution in [2.75, 3.05) is 39.4 Å². The van der Waals surface area contributed by atoms with Gasteiger partial charge < -0.3 is 33.9 Å². The molecule has 12 heteroatoms. The van der Waals surface area contributed by atoms with E-state index in [9.17, 15) is 4.79 Å². The molecule has 2 aromatic carbocycles. The van der Waals surface area contributed by atoms with E-state index in [1.165, 1.54) is 24.0 Å². The lowest BCUT2D eigenvalue weighted by molar-refractivity contribution is -0.0493. The molecule has 4 bridgehead atoms. The van der Waals surface area contributed by atoms with E-state index >= 15 is 0 Å². The van der Waals surface area contributed by atoms with Gasteiger partial charge in [-0.3, -0.25) is 9.80 Å². The van der Waals surface area contributed by atoms with E-state index < -0.39 is 5.60 Å². The third-order valence-electron chi connectivity index (χ3n) is 13.1. The third kappa shape index (κ3) is 7.94. The summed E-state index contributed by atoms with van der Waals surface area (Å²) in [7, 11) is 0. The number of carbonyl (C=O) groups excluding carboxylic acids is 1. The molecule has 0 radical (unpaired) electrons. The number of piperazine rings is 2. The molecule has 0 spiro atoms. The largest absolute Gasteiger partial charge is 0.484 e. The lowest BCUT2D eigenvalue weighted by Gasteiger charge is -2.51. The maximum absolute atomic E-state index is 13.7. The van der Waals surface area contributed by atoms with Gasteiger partial charge in [0.05, 0.1) is 0 Å². The van der Waals surface area contributed by atoms with Crippen LogP contribution in [0.2, 0.25) is 0 Å². The number of hydrogen-bond acceptors (Lipinski definition) is 11. The maximum Gasteiger partial charge on any atom is 0.410 e. The number of nitrogens with zero attached hydrogens (tertiary/aromatic N) is 5. The fourth-order valence-electron chi connectivity index (χ4n) is 9.62. The SMILES string of the molecule is CC(C)(CCc1ccc2c(n1)O[C@@H](c1ccc(CN3C[C@@H]4CC[C@H]3CN4)cc1)CO2)OC(=O)N1C[C@@H]2CC[C@H]1CN2Cc1ccc([C@H]2COc3cccnc3O2)cc1. The van der Waals surface area contributed by atoms with Crippen LogP contribution in [-0.2, 0) is 24.2 Å². The van der Waals surface area contributed by atoms with Crippen molar-refractivity contribution in [2.45, 2.75) is 107 Å². The Kier molecular flexibility index (Phi) is 10.1. The Hall–Kier alpha value is -4.91. The van der Waals surface area contributed by atoms with Crippen molar-refractivity contribution in [3.63, 3.8) is 0 Å². The predicted octanol–water partition coefficient (Wildman–Crippen LogP) is 6.63. The van der Waals surface area contributed by atoms with Crippen molar-refractivity contribution in [1.82, 2.24) is 30.0 Å². The Bertz CT molecular complexity index is 2090. The van der Waals surface area contributed by atoms with Gasteiger partial charge in [0.1, 0.15) is 18.8 Å². The Morgan fingerprint density at radius 2 is 1.41 bits per heavy atom. The highest BCUT2D eigenvalue weighted by atomic mass is 16.6. The second-order valence-electron chi connectivity index (χ2n) is 17.6. The topological polar surface area (TPSA) is 111 Å². The molecular formula is C46H54N6O6. The molecule has 12 rings (SSSR count). The Balaban J connectivity index is 0.696. The standard InChI is InChI=1S/C46H54N6O6/c1-46(2,20-19-34-14-18-40-44(49-34)57-42(29-55-40)33-11-5-30(6-12-33)23-50-25-35-13-15-36(50)22-48-35)58-45(53)52-27-37-16-17-38(52)26-51(37)24-31-7-9-32(10-8-31)41-28-54-39-4-3-21-47-43(39)56-41/h3-12,14,18,21,35-38,41-42,48H,13,15-17,19-20,22-29H2,1-2H3/t35-,36-,37-,38-,41+,42+/m0/s1. The Morgan fingerprint density at radius 1 is 0.759 bits per heavy atom. The minimum atomic E-state index is -0.663. The van der Waals surface area contributed by atoms with Gasteiger partial charge in [0.2, 0.25) is 0 Å². The molecule has 2 aromatic heterocycles. The van der Waals surface area contributed by atoms with Crippen LogP contribution < -0.4 is 24.3 Å². The molecule has 58 heavy (non-hydrogen) atoms. The van der Waals surface area contributed by atoms with Gasteiger partial charge >= 0.3 is 6.09 Å². The molecule has 1 N–H and O–H groups in total. The third-order valence-corrected chi connectivity index (χ3v) is 13.1. The van der Waals surface area contributed by atoms with Gasteiger partial charge in [0.25, 0.3) is 11.8 Å². The van der Waals surface area contributed by atoms with E-state index in [1.54, 1.807) is 6.20 Å². The monoisotopic (exact) mass is 786 g/mol. The molecule has 4 aromatic rings. The zero-order chi connectivity index (χ0) is 39.2. The van der Waals surface area contributed by atoms with E-state index in [-0.39, 0.29) is 24.3 Å². The van der Waals surface area contributed by atoms with Crippen LogP contribution in [-0.4, -0.2) is 99.9 Å². The van der Waals surface area contributed by atoms with Gasteiger partial charge in [-0.25, -0.2) is 14.8 Å². The summed E-state index contributed by atoms with van der Waals surface area (Å²) in [4.78, 5) is 29.9. The number of fused-ring (bicyclic) bond motifs is 8. The quantitative estimate of drug-likeness (QED) is 0.187. The van der Waals surface area contributed by atoms with E-state index in [4.69, 9.17) is 28.7 Å². The molecule has 304 valence electrons. The second kappa shape index (κ2) is 15.7. The number of carbonyl (C=O) groups is 1. The molecule has 6 fully saturated rings. The fourth-order valence-corrected chi connectivity index (χ4v) is 9.62. The number of piperidine rings is 4. The number of nitrogens with one attached hydrogen (secondary N) is 1. The average molecular weight is 787 g/mol. The van der Waals surface area contributed by atoms with Crippen LogP contribution in [0, 0.1) is 0 Å². The number of amides is 1. The summed E-state index contributed by atoms with van der Waals surface area (Å²) < 4.78 is 30.7. The lowest BCUT2D eigenvalue weighted by atomic mass is 9.90. The van der Waals surface area contributed by atoms with Gasteiger partial charge in [-0.15, -0.1) is 0 Å². The molecule has 8 aliphatic rings. The number of hydrogen-bond donors (Lipinski definition) is 1. The number of pyridine rings is 2. The van der Waals surface area contributed by atoms with E-state index in [2.05, 4.69) is 68.6 Å². The number of benzene rings is 2. The summed E-state index contributed by atoms with van der Waals surface area (Å²) in [5, 5.41) is 3.65. The molecule has 0 saturated carbocycles. The first-order valence-corrected chi connectivity index (χ1v) is 21.2. The van der Waals surface area contributed by atoms with E-state index in [1.807, 2.05) is 43.0 Å². The zero-order valence-electron chi connectivity index (χ0n) is 33.6. The van der Waals surface area contributed by atoms with Crippen molar-refractivity contribution in [2.24, 2.45) is 0 Å². The van der Waals surface area contributed by atoms with Crippen molar-refractivity contribution < 1.29 is 28.5 Å². The normalized spacial score (nSPS) is 26.4. The van der Waals surface area contributed by atoms with E-state index in [0.29, 0.717) is 74.0 Å². The smallest absolute Gasteiger partial charge is 0.410 e. The molecule has 0 aliphatic carbocycles. The summed E-state index contributed by atoms with van der Waals surface area (Å²) in [5.41, 5.74) is 4.95. The number of aromatic nitrogens is 2. The number of ether oxygens (including phenoxy) is 5. The van der Waals surface area contributed by atoms with Crippen LogP contribution in [0.1, 0.15) is 86.1 Å². The van der Waals surface area contributed by atoms with Crippen LogP contribution in [0.15, 0.2) is 79.0 Å². The molecular weight excluding hydrogens is 733 g/mol. The summed E-state index contributed by atoms with van der Waals surface area (Å²) >= 11 is 0. The van der Waals surface area contributed by atoms with Crippen molar-refractivity contribution in [3.05, 3.63) is 107 Å². The first-order valence-electron chi connectivity index (χ1n) is 21.2. The van der Waals surface area contributed by atoms with Crippen molar-refractivity contribution >= 4 is 6.09 Å². The van der Waals surface area contributed by atoms with Crippen LogP contribution in [0.5, 0.6) is 23.3 Å². The predicted molar refractivity (Wildman–Crippen MR) is 217 cm³/mol. The second-order valence-corrected chi connectivity index (χ2v) is 17.6. The van der Waals surface area contributed by atoms with Gasteiger partial charge in [-0.05, 0) is 98.9 Å². The molecule has 12 nitrogen and oxygen atoms in total. The van der Waals surface area contributed by atoms with Gasteiger partial charge in [-0.2, -0.15) is 0 Å². The highest BCUT2D eigenvalue weighted by Gasteiger charge is 2.43.